The normalized spacial score (nSPS) is 19.9. The summed E-state index contributed by atoms with van der Waals surface area (Å²) in [7, 11) is -3.31. The molecule has 2 aromatic rings. The number of nitrogens with zero attached hydrogens (tertiary/aromatic N) is 2. The summed E-state index contributed by atoms with van der Waals surface area (Å²) in [6.45, 7) is 0.978. The van der Waals surface area contributed by atoms with E-state index < -0.39 is 15.7 Å². The number of thiazole rings is 1. The number of nitrogens with one attached hydrogen (secondary N) is 1. The molecule has 29 heavy (non-hydrogen) atoms. The number of rotatable bonds is 7. The predicted octanol–water partition coefficient (Wildman–Crippen LogP) is 2.88. The van der Waals surface area contributed by atoms with E-state index in [0.29, 0.717) is 47.5 Å². The Hall–Kier alpha value is -2.01. The predicted molar refractivity (Wildman–Crippen MR) is 109 cm³/mol. The molecule has 1 aliphatic heterocycles. The Morgan fingerprint density at radius 3 is 2.62 bits per heavy atom. The molecule has 0 unspecified atom stereocenters. The fraction of sp³-hybridized carbons (Fsp3) is 0.389. The molecule has 1 aliphatic carbocycles. The van der Waals surface area contributed by atoms with Crippen molar-refractivity contribution in [2.24, 2.45) is 5.16 Å². The molecule has 154 valence electrons. The summed E-state index contributed by atoms with van der Waals surface area (Å²) in [6, 6.07) is 6.09. The first-order valence-corrected chi connectivity index (χ1v) is 11.8. The molecule has 1 saturated carbocycles. The van der Waals surface area contributed by atoms with Gasteiger partial charge >= 0.3 is 0 Å². The van der Waals surface area contributed by atoms with Crippen molar-refractivity contribution in [1.82, 2.24) is 4.98 Å². The van der Waals surface area contributed by atoms with Gasteiger partial charge in [-0.1, -0.05) is 40.2 Å². The zero-order valence-corrected chi connectivity index (χ0v) is 17.6. The molecule has 2 fully saturated rings. The van der Waals surface area contributed by atoms with E-state index in [2.05, 4.69) is 15.5 Å². The van der Waals surface area contributed by atoms with E-state index in [1.165, 1.54) is 18.3 Å². The van der Waals surface area contributed by atoms with Gasteiger partial charge in [0.2, 0.25) is 0 Å². The van der Waals surface area contributed by atoms with Crippen LogP contribution in [0, 0.1) is 0 Å². The van der Waals surface area contributed by atoms with Gasteiger partial charge in [-0.05, 0) is 25.0 Å². The Bertz CT molecular complexity index is 1030. The van der Waals surface area contributed by atoms with E-state index in [0.717, 1.165) is 11.3 Å². The van der Waals surface area contributed by atoms with Gasteiger partial charge in [0.05, 0.1) is 29.6 Å². The topological polar surface area (TPSA) is 107 Å². The molecule has 1 aromatic carbocycles. The number of aromatic nitrogens is 1. The molecule has 1 atom stereocenters. The summed E-state index contributed by atoms with van der Waals surface area (Å²) in [5, 5.41) is 6.69. The summed E-state index contributed by atoms with van der Waals surface area (Å²) < 4.78 is 30.5. The highest BCUT2D eigenvalue weighted by Crippen LogP contribution is 2.33. The molecular formula is C18H18ClN3O5S2. The Labute approximate surface area is 176 Å². The molecule has 11 heteroatoms. The van der Waals surface area contributed by atoms with Gasteiger partial charge in [0, 0.05) is 12.0 Å². The second-order valence-electron chi connectivity index (χ2n) is 6.72. The van der Waals surface area contributed by atoms with Gasteiger partial charge in [-0.2, -0.15) is 0 Å². The zero-order chi connectivity index (χ0) is 20.4. The van der Waals surface area contributed by atoms with Gasteiger partial charge in [-0.3, -0.25) is 10.1 Å². The maximum atomic E-state index is 12.8. The third kappa shape index (κ3) is 4.77. The maximum Gasteiger partial charge on any atom is 0.280 e. The lowest BCUT2D eigenvalue weighted by Gasteiger charge is -2.10. The average molecular weight is 456 g/mol. The van der Waals surface area contributed by atoms with E-state index >= 15 is 0 Å². The number of sulfone groups is 1. The largest absolute Gasteiger partial charge is 0.389 e. The minimum absolute atomic E-state index is 0.0126. The molecule has 0 spiro atoms. The number of ether oxygens (including phenoxy) is 1. The molecule has 1 aromatic heterocycles. The van der Waals surface area contributed by atoms with Crippen molar-refractivity contribution in [2.45, 2.75) is 35.5 Å². The van der Waals surface area contributed by atoms with Gasteiger partial charge in [-0.25, -0.2) is 13.4 Å². The first-order chi connectivity index (χ1) is 13.9. The van der Waals surface area contributed by atoms with E-state index in [-0.39, 0.29) is 22.0 Å². The van der Waals surface area contributed by atoms with Crippen LogP contribution >= 0.6 is 22.9 Å². The quantitative estimate of drug-likeness (QED) is 0.508. The number of amides is 1. The highest BCUT2D eigenvalue weighted by molar-refractivity contribution is 7.92. The Balaban J connectivity index is 1.58. The van der Waals surface area contributed by atoms with Crippen LogP contribution in [0.25, 0.3) is 0 Å². The molecule has 2 heterocycles. The third-order valence-electron chi connectivity index (χ3n) is 4.51. The maximum absolute atomic E-state index is 12.8. The lowest BCUT2D eigenvalue weighted by atomic mass is 10.1. The van der Waals surface area contributed by atoms with E-state index in [1.54, 1.807) is 12.1 Å². The van der Waals surface area contributed by atoms with Crippen molar-refractivity contribution in [1.29, 1.82) is 0 Å². The monoisotopic (exact) mass is 455 g/mol. The summed E-state index contributed by atoms with van der Waals surface area (Å²) in [5.74, 6) is -0.535. The Morgan fingerprint density at radius 1 is 1.28 bits per heavy atom. The number of hydrogen-bond acceptors (Lipinski definition) is 8. The number of oxime groups is 1. The van der Waals surface area contributed by atoms with Crippen molar-refractivity contribution in [2.75, 3.05) is 18.5 Å². The van der Waals surface area contributed by atoms with E-state index in [1.807, 2.05) is 0 Å². The first-order valence-electron chi connectivity index (χ1n) is 9.02. The van der Waals surface area contributed by atoms with Gasteiger partial charge in [-0.15, -0.1) is 0 Å². The summed E-state index contributed by atoms with van der Waals surface area (Å²) in [4.78, 5) is 22.5. The molecule has 0 radical (unpaired) electrons. The number of hydrogen-bond donors (Lipinski definition) is 1. The first kappa shape index (κ1) is 20.3. The highest BCUT2D eigenvalue weighted by atomic mass is 35.5. The van der Waals surface area contributed by atoms with Gasteiger partial charge in [0.25, 0.3) is 5.91 Å². The van der Waals surface area contributed by atoms with Crippen LogP contribution in [0.2, 0.25) is 4.34 Å². The standard InChI is InChI=1S/C18H18ClN3O5S2/c19-15-9-20-18(28-15)21-17(23)16(22-27-12-7-8-26-10-12)11-1-3-13(4-2-11)29(24,25)14-5-6-14/h1-4,9,12,14H,5-8,10H2,(H,20,21,23)/t12-/m1/s1. The van der Waals surface area contributed by atoms with Gasteiger partial charge in [0.15, 0.2) is 26.8 Å². The van der Waals surface area contributed by atoms with Crippen LogP contribution in [-0.2, 0) is 24.2 Å². The van der Waals surface area contributed by atoms with Crippen molar-refractivity contribution >= 4 is 49.5 Å². The fourth-order valence-electron chi connectivity index (χ4n) is 2.79. The van der Waals surface area contributed by atoms with Crippen LogP contribution in [0.1, 0.15) is 24.8 Å². The number of halogens is 1. The lowest BCUT2D eigenvalue weighted by molar-refractivity contribution is -0.110. The summed E-state index contributed by atoms with van der Waals surface area (Å²) in [5.41, 5.74) is 0.442. The van der Waals surface area contributed by atoms with Crippen LogP contribution in [0.5, 0.6) is 0 Å². The summed E-state index contributed by atoms with van der Waals surface area (Å²) in [6.07, 6.45) is 3.25. The SMILES string of the molecule is O=C(Nc1ncc(Cl)s1)C(=NO[C@@H]1CCOC1)c1ccc(S(=O)(=O)C2CC2)cc1. The Morgan fingerprint density at radius 2 is 2.03 bits per heavy atom. The number of anilines is 1. The summed E-state index contributed by atoms with van der Waals surface area (Å²) >= 11 is 6.97. The fourth-order valence-corrected chi connectivity index (χ4v) is 5.25. The van der Waals surface area contributed by atoms with Crippen LogP contribution in [-0.4, -0.2) is 49.6 Å². The molecular weight excluding hydrogens is 438 g/mol. The molecule has 4 rings (SSSR count). The minimum Gasteiger partial charge on any atom is -0.389 e. The number of carbonyl (C=O) groups excluding carboxylic acids is 1. The minimum atomic E-state index is -3.31. The molecule has 2 aliphatic rings. The lowest BCUT2D eigenvalue weighted by Crippen LogP contribution is -2.25. The van der Waals surface area contributed by atoms with E-state index in [4.69, 9.17) is 21.2 Å². The third-order valence-corrected chi connectivity index (χ3v) is 7.82. The molecule has 1 amide bonds. The van der Waals surface area contributed by atoms with Crippen LogP contribution in [0.15, 0.2) is 40.5 Å². The zero-order valence-electron chi connectivity index (χ0n) is 15.2. The molecule has 0 bridgehead atoms. The van der Waals surface area contributed by atoms with Crippen molar-refractivity contribution in [3.63, 3.8) is 0 Å². The molecule has 1 N–H and O–H groups in total. The van der Waals surface area contributed by atoms with Gasteiger partial charge in [0.1, 0.15) is 4.34 Å². The van der Waals surface area contributed by atoms with Crippen molar-refractivity contribution < 1.29 is 22.8 Å². The van der Waals surface area contributed by atoms with Gasteiger partial charge < -0.3 is 9.57 Å². The van der Waals surface area contributed by atoms with Crippen LogP contribution in [0.4, 0.5) is 5.13 Å². The van der Waals surface area contributed by atoms with E-state index in [9.17, 15) is 13.2 Å². The molecule has 1 saturated heterocycles. The van der Waals surface area contributed by atoms with Crippen LogP contribution in [0.3, 0.4) is 0 Å². The average Bonchev–Trinajstić information content (AvgIpc) is 3.31. The molecule has 8 nitrogen and oxygen atoms in total. The number of carbonyl (C=O) groups is 1. The second kappa shape index (κ2) is 8.39. The second-order valence-corrected chi connectivity index (χ2v) is 10.6. The van der Waals surface area contributed by atoms with Crippen molar-refractivity contribution in [3.8, 4) is 0 Å². The smallest absolute Gasteiger partial charge is 0.280 e. The number of benzene rings is 1. The Kier molecular flexibility index (Phi) is 5.86. The highest BCUT2D eigenvalue weighted by Gasteiger charge is 2.36. The van der Waals surface area contributed by atoms with Crippen LogP contribution < -0.4 is 5.32 Å². The van der Waals surface area contributed by atoms with Crippen molar-refractivity contribution in [3.05, 3.63) is 40.4 Å².